The summed E-state index contributed by atoms with van der Waals surface area (Å²) < 4.78 is 10.8. The quantitative estimate of drug-likeness (QED) is 0.720. The molecule has 1 amide bonds. The van der Waals surface area contributed by atoms with E-state index in [2.05, 4.69) is 5.32 Å². The van der Waals surface area contributed by atoms with Crippen LogP contribution >= 0.6 is 11.3 Å². The lowest BCUT2D eigenvalue weighted by Gasteiger charge is -2.12. The van der Waals surface area contributed by atoms with Crippen LogP contribution in [-0.4, -0.2) is 24.6 Å². The van der Waals surface area contributed by atoms with Gasteiger partial charge in [0, 0.05) is 10.4 Å². The summed E-state index contributed by atoms with van der Waals surface area (Å²) in [4.78, 5) is 26.4. The topological polar surface area (TPSA) is 64.6 Å². The molecule has 1 aliphatic rings. The Hall–Kier alpha value is -2.34. The van der Waals surface area contributed by atoms with Gasteiger partial charge in [0.25, 0.3) is 5.91 Å². The van der Waals surface area contributed by atoms with Gasteiger partial charge in [-0.05, 0) is 76.3 Å². The molecule has 0 bridgehead atoms. The van der Waals surface area contributed by atoms with Crippen molar-refractivity contribution in [2.24, 2.45) is 0 Å². The van der Waals surface area contributed by atoms with E-state index in [9.17, 15) is 9.59 Å². The van der Waals surface area contributed by atoms with E-state index >= 15 is 0 Å². The van der Waals surface area contributed by atoms with Crippen LogP contribution in [0.1, 0.15) is 64.8 Å². The van der Waals surface area contributed by atoms with E-state index < -0.39 is 0 Å². The Morgan fingerprint density at radius 2 is 1.85 bits per heavy atom. The van der Waals surface area contributed by atoms with Gasteiger partial charge in [-0.15, -0.1) is 11.3 Å². The van der Waals surface area contributed by atoms with Crippen molar-refractivity contribution in [2.75, 3.05) is 11.9 Å². The third-order valence-electron chi connectivity index (χ3n) is 4.37. The number of hydrogen-bond donors (Lipinski definition) is 1. The number of hydrogen-bond acceptors (Lipinski definition) is 5. The molecule has 1 aromatic heterocycles. The van der Waals surface area contributed by atoms with Gasteiger partial charge in [0.05, 0.1) is 18.3 Å². The van der Waals surface area contributed by atoms with Crippen molar-refractivity contribution < 1.29 is 19.1 Å². The molecule has 1 heterocycles. The molecule has 2 aromatic rings. The van der Waals surface area contributed by atoms with Crippen LogP contribution in [0.15, 0.2) is 24.3 Å². The van der Waals surface area contributed by atoms with Crippen molar-refractivity contribution in [3.8, 4) is 5.75 Å². The number of fused-ring (bicyclic) bond motifs is 1. The van der Waals surface area contributed by atoms with Gasteiger partial charge in [0.15, 0.2) is 0 Å². The first kappa shape index (κ1) is 19.4. The number of benzene rings is 1. The standard InChI is InChI=1S/C21H25NO4S/c1-4-25-21(24)18-16-7-5-6-8-17(16)27-20(18)22-19(23)14-9-11-15(12-10-14)26-13(2)3/h9-13H,4-8H2,1-3H3,(H,22,23). The average molecular weight is 388 g/mol. The summed E-state index contributed by atoms with van der Waals surface area (Å²) in [6.45, 7) is 6.01. The van der Waals surface area contributed by atoms with Gasteiger partial charge in [-0.1, -0.05) is 0 Å². The maximum absolute atomic E-state index is 12.7. The average Bonchev–Trinajstić information content (AvgIpc) is 2.99. The highest BCUT2D eigenvalue weighted by molar-refractivity contribution is 7.17. The Balaban J connectivity index is 1.83. The highest BCUT2D eigenvalue weighted by Gasteiger charge is 2.27. The normalized spacial score (nSPS) is 13.2. The van der Waals surface area contributed by atoms with E-state index in [0.717, 1.165) is 37.0 Å². The van der Waals surface area contributed by atoms with E-state index in [4.69, 9.17) is 9.47 Å². The van der Waals surface area contributed by atoms with Crippen molar-refractivity contribution in [3.05, 3.63) is 45.8 Å². The second-order valence-corrected chi connectivity index (χ2v) is 7.89. The summed E-state index contributed by atoms with van der Waals surface area (Å²) in [5, 5.41) is 3.51. The largest absolute Gasteiger partial charge is 0.491 e. The van der Waals surface area contributed by atoms with Crippen molar-refractivity contribution >= 4 is 28.2 Å². The van der Waals surface area contributed by atoms with Crippen LogP contribution in [0.5, 0.6) is 5.75 Å². The summed E-state index contributed by atoms with van der Waals surface area (Å²) >= 11 is 1.49. The number of ether oxygens (including phenoxy) is 2. The number of amides is 1. The summed E-state index contributed by atoms with van der Waals surface area (Å²) in [5.41, 5.74) is 2.10. The first-order chi connectivity index (χ1) is 13.0. The van der Waals surface area contributed by atoms with E-state index in [1.807, 2.05) is 13.8 Å². The summed E-state index contributed by atoms with van der Waals surface area (Å²) in [6, 6.07) is 7.01. The van der Waals surface area contributed by atoms with Gasteiger partial charge in [0.1, 0.15) is 10.8 Å². The Bertz CT molecular complexity index is 823. The van der Waals surface area contributed by atoms with Crippen LogP contribution in [0, 0.1) is 0 Å². The zero-order valence-electron chi connectivity index (χ0n) is 16.0. The van der Waals surface area contributed by atoms with Gasteiger partial charge in [-0.25, -0.2) is 4.79 Å². The van der Waals surface area contributed by atoms with Crippen molar-refractivity contribution in [1.82, 2.24) is 0 Å². The molecule has 0 radical (unpaired) electrons. The number of carbonyl (C=O) groups is 2. The van der Waals surface area contributed by atoms with Gasteiger partial charge in [-0.3, -0.25) is 4.79 Å². The van der Waals surface area contributed by atoms with Crippen LogP contribution in [0.3, 0.4) is 0 Å². The van der Waals surface area contributed by atoms with Gasteiger partial charge in [0.2, 0.25) is 0 Å². The number of thiophene rings is 1. The number of anilines is 1. The molecule has 0 saturated heterocycles. The highest BCUT2D eigenvalue weighted by atomic mass is 32.1. The summed E-state index contributed by atoms with van der Waals surface area (Å²) in [6.07, 6.45) is 4.05. The number of carbonyl (C=O) groups excluding carboxylic acids is 2. The molecule has 0 spiro atoms. The molecule has 1 aliphatic carbocycles. The minimum atomic E-state index is -0.354. The summed E-state index contributed by atoms with van der Waals surface area (Å²) in [5.74, 6) is 0.128. The number of nitrogens with one attached hydrogen (secondary N) is 1. The molecule has 5 nitrogen and oxygen atoms in total. The molecule has 0 atom stereocenters. The lowest BCUT2D eigenvalue weighted by molar-refractivity contribution is 0.0526. The maximum Gasteiger partial charge on any atom is 0.341 e. The Morgan fingerprint density at radius 3 is 2.52 bits per heavy atom. The van der Waals surface area contributed by atoms with Gasteiger partial charge >= 0.3 is 5.97 Å². The Kier molecular flexibility index (Phi) is 6.16. The van der Waals surface area contributed by atoms with Crippen LogP contribution in [-0.2, 0) is 17.6 Å². The molecule has 27 heavy (non-hydrogen) atoms. The van der Waals surface area contributed by atoms with Crippen LogP contribution in [0.25, 0.3) is 0 Å². The van der Waals surface area contributed by atoms with Crippen molar-refractivity contribution in [3.63, 3.8) is 0 Å². The third kappa shape index (κ3) is 4.50. The lowest BCUT2D eigenvalue weighted by Crippen LogP contribution is -2.15. The molecular formula is C21H25NO4S. The van der Waals surface area contributed by atoms with Crippen molar-refractivity contribution in [2.45, 2.75) is 52.6 Å². The smallest absolute Gasteiger partial charge is 0.341 e. The van der Waals surface area contributed by atoms with Gasteiger partial charge < -0.3 is 14.8 Å². The summed E-state index contributed by atoms with van der Waals surface area (Å²) in [7, 11) is 0. The number of aryl methyl sites for hydroxylation is 1. The monoisotopic (exact) mass is 387 g/mol. The van der Waals surface area contributed by atoms with E-state index in [1.165, 1.54) is 16.2 Å². The SMILES string of the molecule is CCOC(=O)c1c(NC(=O)c2ccc(OC(C)C)cc2)sc2c1CCCC2. The molecule has 0 unspecified atom stereocenters. The van der Waals surface area contributed by atoms with Crippen LogP contribution in [0.4, 0.5) is 5.00 Å². The Morgan fingerprint density at radius 1 is 1.15 bits per heavy atom. The third-order valence-corrected chi connectivity index (χ3v) is 5.57. The van der Waals surface area contributed by atoms with Crippen molar-refractivity contribution in [1.29, 1.82) is 0 Å². The highest BCUT2D eigenvalue weighted by Crippen LogP contribution is 2.38. The molecular weight excluding hydrogens is 362 g/mol. The lowest BCUT2D eigenvalue weighted by atomic mass is 9.95. The molecule has 0 aliphatic heterocycles. The molecule has 6 heteroatoms. The fraction of sp³-hybridized carbons (Fsp3) is 0.429. The molecule has 144 valence electrons. The fourth-order valence-electron chi connectivity index (χ4n) is 3.21. The predicted molar refractivity (Wildman–Crippen MR) is 107 cm³/mol. The number of esters is 1. The second-order valence-electron chi connectivity index (χ2n) is 6.78. The van der Waals surface area contributed by atoms with Crippen LogP contribution in [0.2, 0.25) is 0 Å². The second kappa shape index (κ2) is 8.57. The first-order valence-corrected chi connectivity index (χ1v) is 10.2. The molecule has 1 aromatic carbocycles. The van der Waals surface area contributed by atoms with Gasteiger partial charge in [-0.2, -0.15) is 0 Å². The maximum atomic E-state index is 12.7. The van der Waals surface area contributed by atoms with E-state index in [1.54, 1.807) is 31.2 Å². The number of rotatable bonds is 6. The molecule has 0 saturated carbocycles. The molecule has 1 N–H and O–H groups in total. The van der Waals surface area contributed by atoms with Crippen LogP contribution < -0.4 is 10.1 Å². The Labute approximate surface area is 163 Å². The zero-order valence-corrected chi connectivity index (χ0v) is 16.8. The fourth-order valence-corrected chi connectivity index (χ4v) is 4.48. The minimum absolute atomic E-state index is 0.0780. The van der Waals surface area contributed by atoms with E-state index in [-0.39, 0.29) is 18.0 Å². The molecule has 3 rings (SSSR count). The first-order valence-electron chi connectivity index (χ1n) is 9.39. The predicted octanol–water partition coefficient (Wildman–Crippen LogP) is 4.84. The van der Waals surface area contributed by atoms with E-state index in [0.29, 0.717) is 22.7 Å². The minimum Gasteiger partial charge on any atom is -0.491 e. The zero-order chi connectivity index (χ0) is 19.4. The molecule has 0 fully saturated rings.